The van der Waals surface area contributed by atoms with Gasteiger partial charge in [0.25, 0.3) is 0 Å². The summed E-state index contributed by atoms with van der Waals surface area (Å²) < 4.78 is 23.8. The topological polar surface area (TPSA) is 236 Å². The Hall–Kier alpha value is -7.36. The van der Waals surface area contributed by atoms with Crippen molar-refractivity contribution in [3.63, 3.8) is 0 Å². The lowest BCUT2D eigenvalue weighted by Gasteiger charge is -2.35. The lowest BCUT2D eigenvalue weighted by atomic mass is 9.70. The first kappa shape index (κ1) is 70.1. The van der Waals surface area contributed by atoms with Gasteiger partial charge in [-0.3, -0.25) is 39.1 Å². The average molecular weight is 1240 g/mol. The number of ether oxygens (including phenoxy) is 4. The van der Waals surface area contributed by atoms with Gasteiger partial charge in [0.05, 0.1) is 24.2 Å². The molecule has 0 unspecified atom stereocenters. The van der Waals surface area contributed by atoms with Crippen LogP contribution in [0.3, 0.4) is 0 Å². The fraction of sp³-hybridized carbons (Fsp3) is 0.568. The van der Waals surface area contributed by atoms with Crippen LogP contribution in [0.2, 0.25) is 0 Å². The van der Waals surface area contributed by atoms with E-state index in [-0.39, 0.29) is 96.0 Å². The van der Waals surface area contributed by atoms with E-state index in [9.17, 15) is 39.6 Å². The third kappa shape index (κ3) is 18.9. The highest BCUT2D eigenvalue weighted by atomic mass is 16.5. The van der Waals surface area contributed by atoms with Crippen molar-refractivity contribution in [2.45, 2.75) is 264 Å². The highest BCUT2D eigenvalue weighted by Crippen LogP contribution is 2.45. The molecule has 8 bridgehead atoms. The summed E-state index contributed by atoms with van der Waals surface area (Å²) in [6.07, 6.45) is 18.2. The van der Waals surface area contributed by atoms with Crippen LogP contribution in [0.5, 0.6) is 46.0 Å². The zero-order valence-electron chi connectivity index (χ0n) is 55.8. The van der Waals surface area contributed by atoms with Gasteiger partial charge >= 0.3 is 23.9 Å². The molecule has 488 valence electrons. The second-order valence-electron chi connectivity index (χ2n) is 28.6. The number of aliphatic imine (C=N–C) groups is 4. The largest absolute Gasteiger partial charge is 0.507 e. The van der Waals surface area contributed by atoms with Crippen molar-refractivity contribution in [2.24, 2.45) is 25.9 Å². The summed E-state index contributed by atoms with van der Waals surface area (Å²) in [4.78, 5) is 73.9. The molecule has 0 spiro atoms. The Bertz CT molecular complexity index is 3310. The van der Waals surface area contributed by atoms with Gasteiger partial charge in [-0.2, -0.15) is 0 Å². The lowest BCUT2D eigenvalue weighted by molar-refractivity contribution is -0.136. The summed E-state index contributed by atoms with van der Waals surface area (Å²) in [5, 5.41) is 47.0. The van der Waals surface area contributed by atoms with E-state index in [0.29, 0.717) is 88.8 Å². The number of rotatable bonds is 4. The van der Waals surface area contributed by atoms with Gasteiger partial charge in [0.1, 0.15) is 46.0 Å². The maximum atomic E-state index is 13.6. The van der Waals surface area contributed by atoms with Crippen molar-refractivity contribution < 1.29 is 58.6 Å². The standard InChI is InChI=1S/C74H100N4O12/c1-14-50(15-2)74(12,13)58-41-54-37-49(70(58)86)45-78-62-29-25-24-28-61(62)77-44-48-36-53(40-57(69(48)85)73(9,10)11)88-64(80)31-19-16-18-30-63(79)87-51-34-46(67(83)55(38-51)71(3,4)5)42-75-59-26-22-23-27-60(59)76-43-47-35-52(39-56(68(47)84)72(6,7)8)89-65(81)32-20-17-21-33-66(82)90-54/h34-45,50,59-62,83-86H,14-33H2,1-13H3/b75-42+,76-43+,77-44+,78-45+/t59-,60-,61-,62-/m0/s1. The number of phenolic OH excluding ortho intramolecular Hbond substituents is 4. The highest BCUT2D eigenvalue weighted by Gasteiger charge is 2.34. The van der Waals surface area contributed by atoms with E-state index in [1.165, 1.54) is 0 Å². The molecule has 2 fully saturated rings. The molecule has 1 aliphatic heterocycles. The zero-order valence-corrected chi connectivity index (χ0v) is 55.8. The normalized spacial score (nSPS) is 22.0. The Morgan fingerprint density at radius 2 is 0.600 bits per heavy atom. The average Bonchev–Trinajstić information content (AvgIpc) is 1.24. The number of benzene rings is 4. The Morgan fingerprint density at radius 3 is 0.833 bits per heavy atom. The molecule has 4 aromatic rings. The molecular weight excluding hydrogens is 1140 g/mol. The predicted molar refractivity (Wildman–Crippen MR) is 357 cm³/mol. The Morgan fingerprint density at radius 1 is 0.367 bits per heavy atom. The van der Waals surface area contributed by atoms with Crippen LogP contribution in [0.15, 0.2) is 68.5 Å². The number of fused-ring (bicyclic) bond motifs is 10. The molecule has 16 heteroatoms. The van der Waals surface area contributed by atoms with Crippen molar-refractivity contribution in [2.75, 3.05) is 0 Å². The summed E-state index contributed by atoms with van der Waals surface area (Å²) in [7, 11) is 0. The van der Waals surface area contributed by atoms with Crippen LogP contribution in [0.25, 0.3) is 0 Å². The number of hydrogen-bond acceptors (Lipinski definition) is 16. The minimum Gasteiger partial charge on any atom is -0.507 e. The molecule has 2 saturated carbocycles. The summed E-state index contributed by atoms with van der Waals surface area (Å²) in [5.41, 5.74) is 1.94. The molecule has 3 aliphatic rings. The molecule has 0 amide bonds. The number of carbonyl (C=O) groups excluding carboxylic acids is 4. The predicted octanol–water partition coefficient (Wildman–Crippen LogP) is 16.1. The SMILES string of the molecule is CCC(CC)C(C)(C)c1cc2cc(c1O)/C=N/[C@H]1CCCC[C@@H]1/N=C/c1cc(cc(C(C)(C)C)c1O)OC(=O)CCCCCC(=O)Oc1cc(c(O)c(C(C)(C)C)c1)/C=N/[C@H]1CCCC[C@@H]1/N=C/c1cc(cc(C(C)(C)C)c1O)OC(=O)CCCCCC(=O)O2. The Balaban J connectivity index is 1.18. The number of phenols is 4. The van der Waals surface area contributed by atoms with E-state index in [4.69, 9.17) is 38.9 Å². The first-order valence-electron chi connectivity index (χ1n) is 32.9. The van der Waals surface area contributed by atoms with Crippen LogP contribution in [0.1, 0.15) is 263 Å². The maximum Gasteiger partial charge on any atom is 0.311 e. The Labute approximate surface area is 534 Å². The minimum atomic E-state index is -0.522. The fourth-order valence-corrected chi connectivity index (χ4v) is 12.6. The molecular formula is C74H100N4O12. The van der Waals surface area contributed by atoms with E-state index >= 15 is 0 Å². The minimum absolute atomic E-state index is 0.0322. The first-order valence-corrected chi connectivity index (χ1v) is 32.9. The zero-order chi connectivity index (χ0) is 65.7. The van der Waals surface area contributed by atoms with E-state index in [2.05, 4.69) is 27.7 Å². The van der Waals surface area contributed by atoms with Gasteiger partial charge in [-0.05, 0) is 127 Å². The van der Waals surface area contributed by atoms with Crippen LogP contribution in [0.4, 0.5) is 0 Å². The smallest absolute Gasteiger partial charge is 0.311 e. The summed E-state index contributed by atoms with van der Waals surface area (Å²) in [5.74, 6) is -0.313. The molecule has 4 N–H and O–H groups in total. The van der Waals surface area contributed by atoms with Crippen molar-refractivity contribution in [1.29, 1.82) is 0 Å². The van der Waals surface area contributed by atoms with Crippen LogP contribution < -0.4 is 18.9 Å². The molecule has 0 saturated heterocycles. The van der Waals surface area contributed by atoms with Crippen molar-refractivity contribution in [1.82, 2.24) is 0 Å². The van der Waals surface area contributed by atoms with E-state index in [1.807, 2.05) is 62.3 Å². The van der Waals surface area contributed by atoms with E-state index in [0.717, 1.165) is 64.2 Å². The van der Waals surface area contributed by atoms with Crippen LogP contribution in [-0.4, -0.2) is 93.3 Å². The van der Waals surface area contributed by atoms with Gasteiger partial charge < -0.3 is 39.4 Å². The molecule has 0 radical (unpaired) electrons. The molecule has 4 aromatic carbocycles. The first-order chi connectivity index (χ1) is 42.5. The molecule has 16 nitrogen and oxygen atoms in total. The van der Waals surface area contributed by atoms with Crippen LogP contribution in [0, 0.1) is 5.92 Å². The van der Waals surface area contributed by atoms with Gasteiger partial charge in [-0.25, -0.2) is 0 Å². The van der Waals surface area contributed by atoms with Gasteiger partial charge in [-0.15, -0.1) is 0 Å². The van der Waals surface area contributed by atoms with E-state index < -0.39 is 45.5 Å². The molecule has 2 aliphatic carbocycles. The van der Waals surface area contributed by atoms with E-state index in [1.54, 1.807) is 73.4 Å². The number of hydrogen-bond donors (Lipinski definition) is 4. The molecule has 90 heavy (non-hydrogen) atoms. The number of esters is 4. The fourth-order valence-electron chi connectivity index (χ4n) is 12.6. The summed E-state index contributed by atoms with van der Waals surface area (Å²) >= 11 is 0. The van der Waals surface area contributed by atoms with Gasteiger partial charge in [0.2, 0.25) is 0 Å². The summed E-state index contributed by atoms with van der Waals surface area (Å²) in [6, 6.07) is 12.2. The number of aromatic hydroxyl groups is 4. The lowest BCUT2D eigenvalue weighted by Crippen LogP contribution is -2.28. The second-order valence-corrected chi connectivity index (χ2v) is 28.6. The quantitative estimate of drug-likeness (QED) is 0.110. The monoisotopic (exact) mass is 1240 g/mol. The third-order valence-corrected chi connectivity index (χ3v) is 18.0. The van der Waals surface area contributed by atoms with Gasteiger partial charge in [0.15, 0.2) is 0 Å². The number of carbonyl (C=O) groups is 4. The number of nitrogens with zero attached hydrogens (tertiary/aromatic N) is 4. The second kappa shape index (κ2) is 30.6. The van der Waals surface area contributed by atoms with Gasteiger partial charge in [-0.1, -0.05) is 141 Å². The highest BCUT2D eigenvalue weighted by molar-refractivity contribution is 5.89. The van der Waals surface area contributed by atoms with Crippen molar-refractivity contribution >= 4 is 48.7 Å². The molecule has 0 aromatic heterocycles. The summed E-state index contributed by atoms with van der Waals surface area (Å²) in [6.45, 7) is 26.2. The van der Waals surface area contributed by atoms with Gasteiger partial charge in [0, 0.05) is 95.0 Å². The Kier molecular flexibility index (Phi) is 23.9. The molecule has 1 heterocycles. The third-order valence-electron chi connectivity index (χ3n) is 18.0. The van der Waals surface area contributed by atoms with Crippen molar-refractivity contribution in [3.05, 3.63) is 93.0 Å². The molecule has 7 rings (SSSR count). The molecule has 4 atom stereocenters. The van der Waals surface area contributed by atoms with Crippen molar-refractivity contribution in [3.8, 4) is 46.0 Å². The van der Waals surface area contributed by atoms with Crippen LogP contribution in [-0.2, 0) is 40.8 Å². The maximum absolute atomic E-state index is 13.6. The van der Waals surface area contributed by atoms with Crippen LogP contribution >= 0.6 is 0 Å².